The molecule has 2 atom stereocenters. The highest BCUT2D eigenvalue weighted by Gasteiger charge is 2.47. The highest BCUT2D eigenvalue weighted by Crippen LogP contribution is 2.36. The van der Waals surface area contributed by atoms with Gasteiger partial charge in [-0.25, -0.2) is 0 Å². The summed E-state index contributed by atoms with van der Waals surface area (Å²) < 4.78 is 53.6. The number of morpholine rings is 1. The second-order valence-corrected chi connectivity index (χ2v) is 7.76. The molecule has 11 heteroatoms. The lowest BCUT2D eigenvalue weighted by Gasteiger charge is -2.40. The number of hydrogen-bond acceptors (Lipinski definition) is 7. The number of aromatic nitrogens is 2. The normalized spacial score (nSPS) is 20.1. The van der Waals surface area contributed by atoms with Crippen molar-refractivity contribution in [2.45, 2.75) is 31.3 Å². The van der Waals surface area contributed by atoms with Gasteiger partial charge in [-0.1, -0.05) is 18.2 Å². The molecule has 8 nitrogen and oxygen atoms in total. The van der Waals surface area contributed by atoms with Crippen LogP contribution in [0.2, 0.25) is 0 Å². The minimum Gasteiger partial charge on any atom is -0.496 e. The Balaban J connectivity index is 1.74. The monoisotopic (exact) mass is 454 g/mol. The number of benzene rings is 1. The van der Waals surface area contributed by atoms with Gasteiger partial charge in [-0.15, -0.1) is 0 Å². The highest BCUT2D eigenvalue weighted by molar-refractivity contribution is 5.47. The Labute approximate surface area is 182 Å². The Bertz CT molecular complexity index is 1010. The van der Waals surface area contributed by atoms with Crippen LogP contribution >= 0.6 is 0 Å². The second kappa shape index (κ2) is 8.99. The van der Waals surface area contributed by atoms with Gasteiger partial charge in [0.25, 0.3) is 5.56 Å². The lowest BCUT2D eigenvalue weighted by molar-refractivity contribution is -0.153. The van der Waals surface area contributed by atoms with E-state index in [0.717, 1.165) is 4.90 Å². The van der Waals surface area contributed by atoms with Crippen LogP contribution in [0.4, 0.5) is 24.9 Å². The van der Waals surface area contributed by atoms with Crippen molar-refractivity contribution in [3.63, 3.8) is 0 Å². The molecule has 0 unspecified atom stereocenters. The topological polar surface area (TPSA) is 80.1 Å². The van der Waals surface area contributed by atoms with E-state index in [2.05, 4.69) is 4.98 Å². The first-order valence-corrected chi connectivity index (χ1v) is 10.4. The Morgan fingerprint density at radius 2 is 1.97 bits per heavy atom. The molecule has 0 spiro atoms. The molecule has 1 aromatic heterocycles. The number of ether oxygens (including phenoxy) is 2. The molecular weight excluding hydrogens is 429 g/mol. The third kappa shape index (κ3) is 4.40. The van der Waals surface area contributed by atoms with Crippen LogP contribution in [0.25, 0.3) is 0 Å². The fraction of sp³-hybridized carbons (Fsp3) is 0.524. The third-order valence-electron chi connectivity index (χ3n) is 5.81. The molecule has 4 rings (SSSR count). The minimum absolute atomic E-state index is 0.0958. The van der Waals surface area contributed by atoms with Crippen LogP contribution in [0.3, 0.4) is 0 Å². The van der Waals surface area contributed by atoms with Gasteiger partial charge in [0.1, 0.15) is 23.7 Å². The Morgan fingerprint density at radius 1 is 1.25 bits per heavy atom. The molecule has 0 saturated carbocycles. The summed E-state index contributed by atoms with van der Waals surface area (Å²) in [4.78, 5) is 20.0. The van der Waals surface area contributed by atoms with Gasteiger partial charge in [0, 0.05) is 31.3 Å². The maximum atomic E-state index is 13.9. The first-order valence-electron chi connectivity index (χ1n) is 10.4. The molecule has 1 saturated heterocycles. The number of aliphatic hydroxyl groups excluding tert-OH is 1. The number of hydrogen-bond donors (Lipinski definition) is 1. The molecule has 0 bridgehead atoms. The van der Waals surface area contributed by atoms with Gasteiger partial charge in [-0.05, 0) is 12.5 Å². The number of nitrogens with zero attached hydrogens (tertiary/aromatic N) is 4. The largest absolute Gasteiger partial charge is 0.496 e. The van der Waals surface area contributed by atoms with E-state index in [-0.39, 0.29) is 18.9 Å². The van der Waals surface area contributed by atoms with E-state index in [9.17, 15) is 23.1 Å². The van der Waals surface area contributed by atoms with Crippen molar-refractivity contribution in [1.29, 1.82) is 0 Å². The number of para-hydroxylation sites is 1. The summed E-state index contributed by atoms with van der Waals surface area (Å²) >= 11 is 0. The maximum absolute atomic E-state index is 13.9. The zero-order chi connectivity index (χ0) is 22.9. The highest BCUT2D eigenvalue weighted by atomic mass is 19.4. The van der Waals surface area contributed by atoms with Crippen molar-refractivity contribution in [3.05, 3.63) is 46.2 Å². The van der Waals surface area contributed by atoms with E-state index in [0.29, 0.717) is 43.4 Å². The van der Waals surface area contributed by atoms with Gasteiger partial charge in [0.05, 0.1) is 26.9 Å². The average molecular weight is 454 g/mol. The van der Waals surface area contributed by atoms with Crippen LogP contribution in [-0.2, 0) is 11.3 Å². The van der Waals surface area contributed by atoms with Gasteiger partial charge < -0.3 is 24.4 Å². The summed E-state index contributed by atoms with van der Waals surface area (Å²) in [5.41, 5.74) is -0.0615. The van der Waals surface area contributed by atoms with Gasteiger partial charge >= 0.3 is 6.18 Å². The molecule has 2 aliphatic heterocycles. The number of methoxy groups -OCH3 is 1. The number of alkyl halides is 3. The lowest BCUT2D eigenvalue weighted by atomic mass is 10.0. The summed E-state index contributed by atoms with van der Waals surface area (Å²) in [5, 5.41) is 10.8. The smallest absolute Gasteiger partial charge is 0.408 e. The number of β-amino-alcohol motifs (C(OH)–C–C–N with tert-alkyl or cyclic N) is 1. The van der Waals surface area contributed by atoms with Gasteiger partial charge in [0.2, 0.25) is 5.95 Å². The third-order valence-corrected chi connectivity index (χ3v) is 5.81. The van der Waals surface area contributed by atoms with Crippen molar-refractivity contribution in [3.8, 4) is 5.75 Å². The lowest BCUT2D eigenvalue weighted by Crippen LogP contribution is -2.54. The van der Waals surface area contributed by atoms with E-state index in [1.165, 1.54) is 17.7 Å². The first-order chi connectivity index (χ1) is 15.3. The van der Waals surface area contributed by atoms with Crippen LogP contribution in [-0.4, -0.2) is 66.8 Å². The Morgan fingerprint density at radius 3 is 2.66 bits per heavy atom. The molecule has 174 valence electrons. The molecule has 1 N–H and O–H groups in total. The predicted molar refractivity (Wildman–Crippen MR) is 111 cm³/mol. The number of anilines is 2. The van der Waals surface area contributed by atoms with Crippen molar-refractivity contribution >= 4 is 11.8 Å². The molecule has 2 aliphatic rings. The van der Waals surface area contributed by atoms with Crippen LogP contribution in [0.5, 0.6) is 5.75 Å². The van der Waals surface area contributed by atoms with Crippen LogP contribution < -0.4 is 20.1 Å². The van der Waals surface area contributed by atoms with E-state index in [4.69, 9.17) is 9.47 Å². The van der Waals surface area contributed by atoms with E-state index >= 15 is 0 Å². The zero-order valence-electron chi connectivity index (χ0n) is 17.6. The molecule has 0 amide bonds. The second-order valence-electron chi connectivity index (χ2n) is 7.76. The maximum Gasteiger partial charge on any atom is 0.408 e. The number of rotatable bonds is 5. The zero-order valence-corrected chi connectivity index (χ0v) is 17.6. The molecule has 0 aliphatic carbocycles. The molecule has 32 heavy (non-hydrogen) atoms. The van der Waals surface area contributed by atoms with Crippen molar-refractivity contribution in [2.24, 2.45) is 0 Å². The van der Waals surface area contributed by atoms with Crippen molar-refractivity contribution < 1.29 is 27.8 Å². The molecule has 0 radical (unpaired) electrons. The van der Waals surface area contributed by atoms with E-state index in [1.54, 1.807) is 24.3 Å². The minimum atomic E-state index is -4.56. The Kier molecular flexibility index (Phi) is 6.29. The summed E-state index contributed by atoms with van der Waals surface area (Å²) in [6.45, 7) is 1.37. The summed E-state index contributed by atoms with van der Waals surface area (Å²) in [5.74, 6) is 0.582. The molecule has 1 fully saturated rings. The van der Waals surface area contributed by atoms with Crippen molar-refractivity contribution in [1.82, 2.24) is 9.55 Å². The molecule has 3 heterocycles. The standard InChI is InChI=1S/C21H25F3N4O4/c1-31-16-5-3-2-4-14(16)15(29)13-28-17(21(22,23)24)6-7-27-19(30)12-18(25-20(27)28)26-8-10-32-11-9-26/h2-5,12,15,17,29H,6-11,13H2,1H3/t15-,17-/m0/s1. The summed E-state index contributed by atoms with van der Waals surface area (Å²) in [7, 11) is 1.43. The summed E-state index contributed by atoms with van der Waals surface area (Å²) in [6.07, 6.45) is -6.15. The van der Waals surface area contributed by atoms with Crippen LogP contribution in [0, 0.1) is 0 Å². The fourth-order valence-corrected chi connectivity index (χ4v) is 4.19. The predicted octanol–water partition coefficient (Wildman–Crippen LogP) is 1.96. The van der Waals surface area contributed by atoms with Gasteiger partial charge in [-0.2, -0.15) is 18.2 Å². The fourth-order valence-electron chi connectivity index (χ4n) is 4.19. The van der Waals surface area contributed by atoms with Gasteiger partial charge in [0.15, 0.2) is 0 Å². The number of aliphatic hydroxyl groups is 1. The first kappa shape index (κ1) is 22.4. The van der Waals surface area contributed by atoms with Gasteiger partial charge in [-0.3, -0.25) is 9.36 Å². The SMILES string of the molecule is COc1ccccc1[C@@H](O)CN1c2nc(N3CCOCC3)cc(=O)n2CC[C@H]1C(F)(F)F. The number of halogens is 3. The van der Waals surface area contributed by atoms with E-state index < -0.39 is 30.4 Å². The Hall–Kier alpha value is -2.79. The van der Waals surface area contributed by atoms with Crippen LogP contribution in [0.15, 0.2) is 35.1 Å². The van der Waals surface area contributed by atoms with Crippen molar-refractivity contribution in [2.75, 3.05) is 49.8 Å². The number of fused-ring (bicyclic) bond motifs is 1. The molecule has 2 aromatic rings. The van der Waals surface area contributed by atoms with Crippen LogP contribution in [0.1, 0.15) is 18.1 Å². The van der Waals surface area contributed by atoms with E-state index in [1.807, 2.05) is 4.90 Å². The molecule has 1 aromatic carbocycles. The average Bonchev–Trinajstić information content (AvgIpc) is 2.79. The molecular formula is C21H25F3N4O4. The summed E-state index contributed by atoms with van der Waals surface area (Å²) in [6, 6.07) is 6.07. The quantitative estimate of drug-likeness (QED) is 0.740.